The Bertz CT molecular complexity index is 506. The number of halogens is 1. The van der Waals surface area contributed by atoms with Gasteiger partial charge in [0.2, 0.25) is 5.71 Å². The maximum atomic E-state index is 11.4. The van der Waals surface area contributed by atoms with Crippen LogP contribution in [0.2, 0.25) is 0 Å². The molecule has 0 fully saturated rings. The standard InChI is InChI=1S/C10H8BrNO3/c1-2-14-10(13)7-3-6-4-8(11)15-9(6)12-5-7/h3-5H,2H2,1H3. The molecule has 2 aromatic heterocycles. The molecule has 0 amide bonds. The third-order valence-corrected chi connectivity index (χ3v) is 2.24. The minimum absolute atomic E-state index is 0.353. The molecule has 2 heterocycles. The monoisotopic (exact) mass is 269 g/mol. The molecule has 0 aliphatic carbocycles. The topological polar surface area (TPSA) is 52.3 Å². The van der Waals surface area contributed by atoms with Crippen LogP contribution >= 0.6 is 15.9 Å². The third-order valence-electron chi connectivity index (χ3n) is 1.85. The van der Waals surface area contributed by atoms with Gasteiger partial charge in [0.1, 0.15) is 0 Å². The molecule has 0 radical (unpaired) electrons. The van der Waals surface area contributed by atoms with Crippen molar-refractivity contribution in [1.29, 1.82) is 0 Å². The summed E-state index contributed by atoms with van der Waals surface area (Å²) in [6, 6.07) is 3.44. The molecule has 5 heteroatoms. The van der Waals surface area contributed by atoms with E-state index < -0.39 is 0 Å². The Kier molecular flexibility index (Phi) is 2.73. The maximum absolute atomic E-state index is 11.4. The van der Waals surface area contributed by atoms with Crippen LogP contribution in [0.25, 0.3) is 11.1 Å². The fourth-order valence-electron chi connectivity index (χ4n) is 1.23. The Morgan fingerprint density at radius 3 is 3.13 bits per heavy atom. The Morgan fingerprint density at radius 2 is 2.40 bits per heavy atom. The summed E-state index contributed by atoms with van der Waals surface area (Å²) in [4.78, 5) is 15.4. The van der Waals surface area contributed by atoms with Crippen LogP contribution in [0.4, 0.5) is 0 Å². The zero-order valence-electron chi connectivity index (χ0n) is 7.99. The Hall–Kier alpha value is -1.36. The highest BCUT2D eigenvalue weighted by Crippen LogP contribution is 2.22. The molecular formula is C10H8BrNO3. The fourth-order valence-corrected chi connectivity index (χ4v) is 1.63. The number of pyridine rings is 1. The smallest absolute Gasteiger partial charge is 0.339 e. The van der Waals surface area contributed by atoms with Crippen LogP contribution in [0.5, 0.6) is 0 Å². The van der Waals surface area contributed by atoms with Crippen LogP contribution < -0.4 is 0 Å². The molecular weight excluding hydrogens is 262 g/mol. The maximum Gasteiger partial charge on any atom is 0.339 e. The minimum Gasteiger partial charge on any atom is -0.462 e. The van der Waals surface area contributed by atoms with Gasteiger partial charge in [-0.3, -0.25) is 0 Å². The van der Waals surface area contributed by atoms with E-state index in [-0.39, 0.29) is 5.97 Å². The van der Waals surface area contributed by atoms with Crippen LogP contribution in [-0.2, 0) is 4.74 Å². The van der Waals surface area contributed by atoms with Crippen LogP contribution in [0.1, 0.15) is 17.3 Å². The van der Waals surface area contributed by atoms with Crippen LogP contribution in [0.3, 0.4) is 0 Å². The summed E-state index contributed by atoms with van der Waals surface area (Å²) in [5, 5.41) is 0.771. The second kappa shape index (κ2) is 4.02. The lowest BCUT2D eigenvalue weighted by Crippen LogP contribution is -2.04. The highest BCUT2D eigenvalue weighted by Gasteiger charge is 2.10. The number of rotatable bonds is 2. The molecule has 15 heavy (non-hydrogen) atoms. The van der Waals surface area contributed by atoms with Gasteiger partial charge in [0.15, 0.2) is 4.67 Å². The van der Waals surface area contributed by atoms with Gasteiger partial charge in [0.05, 0.1) is 12.2 Å². The molecule has 2 rings (SSSR count). The largest absolute Gasteiger partial charge is 0.462 e. The Balaban J connectivity index is 2.41. The van der Waals surface area contributed by atoms with Gasteiger partial charge >= 0.3 is 5.97 Å². The lowest BCUT2D eigenvalue weighted by Gasteiger charge is -1.99. The van der Waals surface area contributed by atoms with Gasteiger partial charge in [0, 0.05) is 17.6 Å². The van der Waals surface area contributed by atoms with Gasteiger partial charge in [-0.05, 0) is 28.9 Å². The van der Waals surface area contributed by atoms with Crippen molar-refractivity contribution < 1.29 is 13.9 Å². The first-order chi connectivity index (χ1) is 7.20. The quantitative estimate of drug-likeness (QED) is 0.787. The van der Waals surface area contributed by atoms with E-state index in [1.807, 2.05) is 0 Å². The molecule has 0 bridgehead atoms. The summed E-state index contributed by atoms with van der Waals surface area (Å²) in [5.74, 6) is -0.371. The van der Waals surface area contributed by atoms with E-state index in [9.17, 15) is 4.79 Å². The van der Waals surface area contributed by atoms with Crippen LogP contribution in [0, 0.1) is 0 Å². The average Bonchev–Trinajstić information content (AvgIpc) is 2.57. The van der Waals surface area contributed by atoms with E-state index in [2.05, 4.69) is 20.9 Å². The predicted molar refractivity (Wildman–Crippen MR) is 57.7 cm³/mol. The molecule has 0 aliphatic rings. The van der Waals surface area contributed by atoms with Crippen LogP contribution in [-0.4, -0.2) is 17.6 Å². The van der Waals surface area contributed by atoms with Crippen molar-refractivity contribution in [1.82, 2.24) is 4.98 Å². The summed E-state index contributed by atoms with van der Waals surface area (Å²) >= 11 is 3.19. The van der Waals surface area contributed by atoms with Gasteiger partial charge in [-0.25, -0.2) is 9.78 Å². The number of hydrogen-bond acceptors (Lipinski definition) is 4. The molecule has 78 valence electrons. The first kappa shape index (κ1) is 10.2. The first-order valence-electron chi connectivity index (χ1n) is 4.43. The van der Waals surface area contributed by atoms with Crippen molar-refractivity contribution in [2.75, 3.05) is 6.61 Å². The van der Waals surface area contributed by atoms with Gasteiger partial charge in [-0.15, -0.1) is 0 Å². The second-order valence-corrected chi connectivity index (χ2v) is 3.67. The zero-order chi connectivity index (χ0) is 10.8. The van der Waals surface area contributed by atoms with Gasteiger partial charge in [0.25, 0.3) is 0 Å². The van der Waals surface area contributed by atoms with Crippen molar-refractivity contribution >= 4 is 33.0 Å². The Morgan fingerprint density at radius 1 is 1.60 bits per heavy atom. The molecule has 0 saturated heterocycles. The molecule has 0 atom stereocenters. The van der Waals surface area contributed by atoms with Crippen molar-refractivity contribution in [3.63, 3.8) is 0 Å². The van der Waals surface area contributed by atoms with Crippen molar-refractivity contribution in [2.45, 2.75) is 6.92 Å². The number of carbonyl (C=O) groups is 1. The highest BCUT2D eigenvalue weighted by molar-refractivity contribution is 9.10. The van der Waals surface area contributed by atoms with E-state index >= 15 is 0 Å². The van der Waals surface area contributed by atoms with Gasteiger partial charge in [-0.1, -0.05) is 0 Å². The minimum atomic E-state index is -0.371. The SMILES string of the molecule is CCOC(=O)c1cnc2oc(Br)cc2c1. The predicted octanol–water partition coefficient (Wildman–Crippen LogP) is 2.77. The number of ether oxygens (including phenoxy) is 1. The van der Waals surface area contributed by atoms with Gasteiger partial charge < -0.3 is 9.15 Å². The number of hydrogen-bond donors (Lipinski definition) is 0. The molecule has 0 unspecified atom stereocenters. The first-order valence-corrected chi connectivity index (χ1v) is 5.22. The lowest BCUT2D eigenvalue weighted by atomic mass is 10.2. The zero-order valence-corrected chi connectivity index (χ0v) is 9.58. The average molecular weight is 270 g/mol. The van der Waals surface area contributed by atoms with Crippen molar-refractivity contribution in [3.05, 3.63) is 28.6 Å². The molecule has 0 aromatic carbocycles. The van der Waals surface area contributed by atoms with E-state index in [1.54, 1.807) is 19.1 Å². The summed E-state index contributed by atoms with van der Waals surface area (Å²) in [6.07, 6.45) is 1.44. The fraction of sp³-hybridized carbons (Fsp3) is 0.200. The van der Waals surface area contributed by atoms with Crippen molar-refractivity contribution in [3.8, 4) is 0 Å². The molecule has 0 aliphatic heterocycles. The van der Waals surface area contributed by atoms with E-state index in [4.69, 9.17) is 9.15 Å². The summed E-state index contributed by atoms with van der Waals surface area (Å²) < 4.78 is 10.7. The normalized spacial score (nSPS) is 10.5. The Labute approximate surface area is 94.4 Å². The third kappa shape index (κ3) is 2.02. The molecule has 4 nitrogen and oxygen atoms in total. The number of furan rings is 1. The molecule has 2 aromatic rings. The van der Waals surface area contributed by atoms with Crippen molar-refractivity contribution in [2.24, 2.45) is 0 Å². The van der Waals surface area contributed by atoms with E-state index in [0.29, 0.717) is 22.6 Å². The number of aromatic nitrogens is 1. The second-order valence-electron chi connectivity index (χ2n) is 2.89. The lowest BCUT2D eigenvalue weighted by molar-refractivity contribution is 0.0526. The number of nitrogens with zero attached hydrogens (tertiary/aromatic N) is 1. The molecule has 0 N–H and O–H groups in total. The van der Waals surface area contributed by atoms with Crippen LogP contribution in [0.15, 0.2) is 27.4 Å². The molecule has 0 spiro atoms. The number of fused-ring (bicyclic) bond motifs is 1. The summed E-state index contributed by atoms with van der Waals surface area (Å²) in [6.45, 7) is 2.12. The van der Waals surface area contributed by atoms with E-state index in [1.165, 1.54) is 6.20 Å². The molecule has 0 saturated carbocycles. The highest BCUT2D eigenvalue weighted by atomic mass is 79.9. The summed E-state index contributed by atoms with van der Waals surface area (Å²) in [5.41, 5.74) is 0.924. The van der Waals surface area contributed by atoms with Gasteiger partial charge in [-0.2, -0.15) is 0 Å². The van der Waals surface area contributed by atoms with E-state index in [0.717, 1.165) is 5.39 Å². The number of carbonyl (C=O) groups excluding carboxylic acids is 1. The number of esters is 1. The summed E-state index contributed by atoms with van der Waals surface area (Å²) in [7, 11) is 0.